The van der Waals surface area contributed by atoms with Crippen LogP contribution in [0, 0.1) is 0 Å². The van der Waals surface area contributed by atoms with Gasteiger partial charge in [-0.3, -0.25) is 4.79 Å². The van der Waals surface area contributed by atoms with Crippen molar-refractivity contribution in [1.29, 1.82) is 0 Å². The highest BCUT2D eigenvalue weighted by Gasteiger charge is 2.25. The minimum absolute atomic E-state index is 0.00213. The molecule has 4 nitrogen and oxygen atoms in total. The van der Waals surface area contributed by atoms with Crippen molar-refractivity contribution in [2.75, 3.05) is 27.7 Å². The zero-order valence-electron chi connectivity index (χ0n) is 17.2. The number of hydrogen-bond acceptors (Lipinski definition) is 3. The van der Waals surface area contributed by atoms with Gasteiger partial charge in [-0.15, -0.1) is 0 Å². The smallest absolute Gasteiger partial charge is 0.232 e. The van der Waals surface area contributed by atoms with Crippen LogP contribution < -0.4 is 10.1 Å². The number of rotatable bonds is 8. The first-order chi connectivity index (χ1) is 14.1. The van der Waals surface area contributed by atoms with Crippen LogP contribution in [-0.2, 0) is 4.79 Å². The lowest BCUT2D eigenvalue weighted by atomic mass is 9.90. The largest absolute Gasteiger partial charge is 0.496 e. The van der Waals surface area contributed by atoms with E-state index in [4.69, 9.17) is 4.74 Å². The first-order valence-electron chi connectivity index (χ1n) is 9.78. The quantitative estimate of drug-likeness (QED) is 0.627. The lowest BCUT2D eigenvalue weighted by Crippen LogP contribution is -2.37. The van der Waals surface area contributed by atoms with Gasteiger partial charge in [0.2, 0.25) is 5.91 Å². The van der Waals surface area contributed by atoms with E-state index in [1.54, 1.807) is 7.11 Å². The molecule has 0 aliphatic heterocycles. The Hall–Kier alpha value is -3.11. The molecule has 3 rings (SSSR count). The number of para-hydroxylation sites is 1. The monoisotopic (exact) mass is 388 g/mol. The fourth-order valence-corrected chi connectivity index (χ4v) is 3.60. The van der Waals surface area contributed by atoms with Crippen LogP contribution >= 0.6 is 0 Å². The van der Waals surface area contributed by atoms with E-state index in [0.29, 0.717) is 6.54 Å². The van der Waals surface area contributed by atoms with E-state index in [2.05, 4.69) is 10.2 Å². The minimum Gasteiger partial charge on any atom is -0.496 e. The first kappa shape index (κ1) is 20.6. The summed E-state index contributed by atoms with van der Waals surface area (Å²) < 4.78 is 5.53. The van der Waals surface area contributed by atoms with Crippen LogP contribution in [0.15, 0.2) is 84.9 Å². The molecule has 0 spiro atoms. The van der Waals surface area contributed by atoms with Crippen molar-refractivity contribution in [3.05, 3.63) is 102 Å². The molecule has 3 aromatic rings. The van der Waals surface area contributed by atoms with Crippen LogP contribution in [0.3, 0.4) is 0 Å². The molecule has 0 bridgehead atoms. The van der Waals surface area contributed by atoms with Crippen molar-refractivity contribution in [3.8, 4) is 5.75 Å². The molecule has 0 aliphatic carbocycles. The number of carbonyl (C=O) groups excluding carboxylic acids is 1. The summed E-state index contributed by atoms with van der Waals surface area (Å²) in [5, 5.41) is 3.17. The molecule has 1 N–H and O–H groups in total. The van der Waals surface area contributed by atoms with Gasteiger partial charge < -0.3 is 15.0 Å². The van der Waals surface area contributed by atoms with Gasteiger partial charge in [0.15, 0.2) is 0 Å². The van der Waals surface area contributed by atoms with Gasteiger partial charge >= 0.3 is 0 Å². The van der Waals surface area contributed by atoms with E-state index < -0.39 is 0 Å². The summed E-state index contributed by atoms with van der Waals surface area (Å²) >= 11 is 0. The van der Waals surface area contributed by atoms with Crippen molar-refractivity contribution in [2.24, 2.45) is 0 Å². The average Bonchev–Trinajstić information content (AvgIpc) is 2.75. The van der Waals surface area contributed by atoms with E-state index in [0.717, 1.165) is 22.4 Å². The fourth-order valence-electron chi connectivity index (χ4n) is 3.60. The summed E-state index contributed by atoms with van der Waals surface area (Å²) in [6.45, 7) is 0.488. The highest BCUT2D eigenvalue weighted by molar-refractivity contribution is 5.87. The molecule has 0 unspecified atom stereocenters. The van der Waals surface area contributed by atoms with E-state index in [-0.39, 0.29) is 17.9 Å². The molecule has 150 valence electrons. The van der Waals surface area contributed by atoms with E-state index in [9.17, 15) is 4.79 Å². The number of ether oxygens (including phenoxy) is 1. The Bertz CT molecular complexity index is 871. The van der Waals surface area contributed by atoms with Gasteiger partial charge in [0.25, 0.3) is 0 Å². The lowest BCUT2D eigenvalue weighted by molar-refractivity contribution is -0.121. The molecular weight excluding hydrogens is 360 g/mol. The molecule has 0 saturated heterocycles. The number of amides is 1. The average molecular weight is 389 g/mol. The van der Waals surface area contributed by atoms with Gasteiger partial charge in [0, 0.05) is 12.1 Å². The second-order valence-electron chi connectivity index (χ2n) is 7.22. The summed E-state index contributed by atoms with van der Waals surface area (Å²) in [6.07, 6.45) is 0. The number of benzene rings is 3. The van der Waals surface area contributed by atoms with E-state index >= 15 is 0 Å². The van der Waals surface area contributed by atoms with Gasteiger partial charge in [-0.25, -0.2) is 0 Å². The van der Waals surface area contributed by atoms with Gasteiger partial charge in [-0.1, -0.05) is 78.9 Å². The van der Waals surface area contributed by atoms with Gasteiger partial charge in [-0.2, -0.15) is 0 Å². The van der Waals surface area contributed by atoms with Crippen LogP contribution in [0.2, 0.25) is 0 Å². The maximum absolute atomic E-state index is 13.3. The highest BCUT2D eigenvalue weighted by atomic mass is 16.5. The first-order valence-corrected chi connectivity index (χ1v) is 9.78. The zero-order valence-corrected chi connectivity index (χ0v) is 17.2. The molecule has 29 heavy (non-hydrogen) atoms. The Labute approximate surface area is 173 Å². The van der Waals surface area contributed by atoms with E-state index in [1.807, 2.05) is 99.0 Å². The predicted octanol–water partition coefficient (Wildman–Crippen LogP) is 4.25. The highest BCUT2D eigenvalue weighted by Crippen LogP contribution is 2.28. The van der Waals surface area contributed by atoms with Gasteiger partial charge in [-0.05, 0) is 31.3 Å². The van der Waals surface area contributed by atoms with Crippen LogP contribution in [-0.4, -0.2) is 38.6 Å². The maximum atomic E-state index is 13.3. The number of hydrogen-bond donors (Lipinski definition) is 1. The Morgan fingerprint density at radius 3 is 1.90 bits per heavy atom. The third-order valence-corrected chi connectivity index (χ3v) is 5.12. The number of nitrogens with zero attached hydrogens (tertiary/aromatic N) is 1. The number of methoxy groups -OCH3 is 1. The molecular formula is C25H28N2O2. The number of likely N-dealkylation sites (N-methyl/N-ethyl adjacent to an activating group) is 1. The molecule has 0 radical (unpaired) electrons. The summed E-state index contributed by atoms with van der Waals surface area (Å²) in [5.41, 5.74) is 3.01. The summed E-state index contributed by atoms with van der Waals surface area (Å²) in [6, 6.07) is 27.7. The second-order valence-corrected chi connectivity index (χ2v) is 7.22. The minimum atomic E-state index is -0.349. The summed E-state index contributed by atoms with van der Waals surface area (Å²) in [7, 11) is 5.69. The van der Waals surface area contributed by atoms with Gasteiger partial charge in [0.05, 0.1) is 19.1 Å². The van der Waals surface area contributed by atoms with Crippen molar-refractivity contribution >= 4 is 5.91 Å². The molecule has 0 aromatic heterocycles. The van der Waals surface area contributed by atoms with Crippen molar-refractivity contribution in [2.45, 2.75) is 12.0 Å². The molecule has 4 heteroatoms. The molecule has 3 aromatic carbocycles. The lowest BCUT2D eigenvalue weighted by Gasteiger charge is -2.27. The summed E-state index contributed by atoms with van der Waals surface area (Å²) in [5.74, 6) is 0.463. The Morgan fingerprint density at radius 2 is 1.38 bits per heavy atom. The third-order valence-electron chi connectivity index (χ3n) is 5.12. The van der Waals surface area contributed by atoms with Crippen LogP contribution in [0.5, 0.6) is 5.75 Å². The summed E-state index contributed by atoms with van der Waals surface area (Å²) in [4.78, 5) is 15.4. The number of carbonyl (C=O) groups is 1. The predicted molar refractivity (Wildman–Crippen MR) is 117 cm³/mol. The topological polar surface area (TPSA) is 41.6 Å². The molecule has 1 amide bonds. The zero-order chi connectivity index (χ0) is 20.6. The molecule has 0 aliphatic rings. The standard InChI is InChI=1S/C25H28N2O2/c1-27(2)22(21-16-10-11-17-23(21)29-3)18-26-25(28)24(19-12-6-4-7-13-19)20-14-8-5-9-15-20/h4-17,22,24H,18H2,1-3H3,(H,26,28)/t22-/m1/s1. The second kappa shape index (κ2) is 9.89. The number of nitrogens with one attached hydrogen (secondary N) is 1. The molecule has 0 fully saturated rings. The van der Waals surface area contributed by atoms with Crippen LogP contribution in [0.1, 0.15) is 28.7 Å². The van der Waals surface area contributed by atoms with Crippen molar-refractivity contribution < 1.29 is 9.53 Å². The molecule has 1 atom stereocenters. The molecule has 0 saturated carbocycles. The maximum Gasteiger partial charge on any atom is 0.232 e. The van der Waals surface area contributed by atoms with Crippen LogP contribution in [0.4, 0.5) is 0 Å². The van der Waals surface area contributed by atoms with Gasteiger partial charge in [0.1, 0.15) is 5.75 Å². The SMILES string of the molecule is COc1ccccc1[C@@H](CNC(=O)C(c1ccccc1)c1ccccc1)N(C)C. The van der Waals surface area contributed by atoms with Crippen molar-refractivity contribution in [1.82, 2.24) is 10.2 Å². The normalized spacial score (nSPS) is 12.0. The Balaban J connectivity index is 1.84. The van der Waals surface area contributed by atoms with Crippen molar-refractivity contribution in [3.63, 3.8) is 0 Å². The Kier molecular flexibility index (Phi) is 7.04. The molecule has 0 heterocycles. The Morgan fingerprint density at radius 1 is 0.862 bits per heavy atom. The van der Waals surface area contributed by atoms with Crippen LogP contribution in [0.25, 0.3) is 0 Å². The fraction of sp³-hybridized carbons (Fsp3) is 0.240. The third kappa shape index (κ3) is 5.04. The van der Waals surface area contributed by atoms with E-state index in [1.165, 1.54) is 0 Å².